The van der Waals surface area contributed by atoms with Gasteiger partial charge in [-0.2, -0.15) is 5.10 Å². The summed E-state index contributed by atoms with van der Waals surface area (Å²) in [5.74, 6) is -0.560. The molecule has 1 aromatic heterocycles. The Morgan fingerprint density at radius 1 is 1.12 bits per heavy atom. The molecular formula is C26H29N3O5. The van der Waals surface area contributed by atoms with E-state index in [4.69, 9.17) is 9.15 Å². The minimum Gasteiger partial charge on any atom is -0.452 e. The van der Waals surface area contributed by atoms with Crippen molar-refractivity contribution in [1.29, 1.82) is 0 Å². The first-order chi connectivity index (χ1) is 16.6. The molecule has 1 aliphatic heterocycles. The lowest BCUT2D eigenvalue weighted by atomic mass is 9.78. The van der Waals surface area contributed by atoms with Gasteiger partial charge in [0.1, 0.15) is 5.58 Å². The zero-order valence-corrected chi connectivity index (χ0v) is 19.4. The zero-order valence-electron chi connectivity index (χ0n) is 19.4. The van der Waals surface area contributed by atoms with Crippen LogP contribution in [0.4, 0.5) is 4.79 Å². The van der Waals surface area contributed by atoms with Crippen molar-refractivity contribution in [3.05, 3.63) is 82.2 Å². The number of hydrogen-bond acceptors (Lipinski definition) is 7. The van der Waals surface area contributed by atoms with Gasteiger partial charge in [-0.05, 0) is 24.6 Å². The summed E-state index contributed by atoms with van der Waals surface area (Å²) in [5, 5.41) is 5.18. The van der Waals surface area contributed by atoms with Crippen molar-refractivity contribution in [3.8, 4) is 0 Å². The van der Waals surface area contributed by atoms with Crippen molar-refractivity contribution in [1.82, 2.24) is 10.3 Å². The molecule has 34 heavy (non-hydrogen) atoms. The third-order valence-electron chi connectivity index (χ3n) is 6.17. The van der Waals surface area contributed by atoms with Crippen LogP contribution in [0.3, 0.4) is 0 Å². The Bertz CT molecular complexity index is 1200. The second kappa shape index (κ2) is 11.1. The lowest BCUT2D eigenvalue weighted by Crippen LogP contribution is -2.43. The average Bonchev–Trinajstić information content (AvgIpc) is 2.88. The van der Waals surface area contributed by atoms with Crippen LogP contribution < -0.4 is 11.1 Å². The van der Waals surface area contributed by atoms with E-state index < -0.39 is 6.09 Å². The number of morpholine rings is 1. The molecule has 1 fully saturated rings. The van der Waals surface area contributed by atoms with E-state index in [0.717, 1.165) is 24.0 Å². The fraction of sp³-hybridized carbons (Fsp3) is 0.346. The van der Waals surface area contributed by atoms with E-state index >= 15 is 0 Å². The zero-order chi connectivity index (χ0) is 23.9. The molecule has 0 saturated carbocycles. The summed E-state index contributed by atoms with van der Waals surface area (Å²) in [6.45, 7) is 5.35. The number of rotatable bonds is 7. The third kappa shape index (κ3) is 5.52. The number of ether oxygens (including phenoxy) is 2. The van der Waals surface area contributed by atoms with Crippen LogP contribution in [0.5, 0.6) is 0 Å². The van der Waals surface area contributed by atoms with Gasteiger partial charge in [-0.15, -0.1) is 0 Å². The molecule has 8 heteroatoms. The van der Waals surface area contributed by atoms with Crippen molar-refractivity contribution >= 4 is 22.8 Å². The number of nitrogens with zero attached hydrogens (tertiary/aromatic N) is 2. The van der Waals surface area contributed by atoms with Crippen molar-refractivity contribution in [2.75, 3.05) is 40.0 Å². The molecule has 0 bridgehead atoms. The van der Waals surface area contributed by atoms with Gasteiger partial charge >= 0.3 is 11.7 Å². The summed E-state index contributed by atoms with van der Waals surface area (Å²) >= 11 is 0. The smallest absolute Gasteiger partial charge is 0.427 e. The van der Waals surface area contributed by atoms with E-state index in [0.29, 0.717) is 36.6 Å². The van der Waals surface area contributed by atoms with Gasteiger partial charge in [-0.1, -0.05) is 48.5 Å². The Labute approximate surface area is 198 Å². The van der Waals surface area contributed by atoms with E-state index in [1.54, 1.807) is 6.07 Å². The molecule has 0 aliphatic carbocycles. The van der Waals surface area contributed by atoms with Gasteiger partial charge in [0, 0.05) is 48.1 Å². The number of nitrogens with one attached hydrogen (secondary N) is 1. The fourth-order valence-electron chi connectivity index (χ4n) is 4.39. The van der Waals surface area contributed by atoms with Gasteiger partial charge in [-0.25, -0.2) is 15.0 Å². The predicted molar refractivity (Wildman–Crippen MR) is 130 cm³/mol. The van der Waals surface area contributed by atoms with E-state index in [9.17, 15) is 9.59 Å². The van der Waals surface area contributed by atoms with Crippen LogP contribution in [0.15, 0.2) is 75.0 Å². The molecule has 4 rings (SSSR count). The van der Waals surface area contributed by atoms with Crippen LogP contribution in [0.2, 0.25) is 0 Å². The third-order valence-corrected chi connectivity index (χ3v) is 6.17. The van der Waals surface area contributed by atoms with Crippen molar-refractivity contribution in [3.63, 3.8) is 0 Å². The summed E-state index contributed by atoms with van der Waals surface area (Å²) in [7, 11) is 1.29. The van der Waals surface area contributed by atoms with Gasteiger partial charge in [0.25, 0.3) is 0 Å². The number of carbonyl (C=O) groups excluding carboxylic acids is 1. The topological polar surface area (TPSA) is 93.4 Å². The highest BCUT2D eigenvalue weighted by molar-refractivity contribution is 5.87. The number of carbonyl (C=O) groups is 1. The molecule has 2 atom stereocenters. The summed E-state index contributed by atoms with van der Waals surface area (Å²) in [4.78, 5) is 27.3. The average molecular weight is 464 g/mol. The Kier molecular flexibility index (Phi) is 7.72. The van der Waals surface area contributed by atoms with Crippen LogP contribution in [-0.2, 0) is 9.47 Å². The number of fused-ring (bicyclic) bond motifs is 1. The summed E-state index contributed by atoms with van der Waals surface area (Å²) in [6, 6.07) is 19.3. The van der Waals surface area contributed by atoms with Crippen LogP contribution in [0, 0.1) is 5.92 Å². The monoisotopic (exact) mass is 463 g/mol. The lowest BCUT2D eigenvalue weighted by molar-refractivity contribution is 0.0335. The van der Waals surface area contributed by atoms with Gasteiger partial charge in [-0.3, -0.25) is 4.90 Å². The highest BCUT2D eigenvalue weighted by Crippen LogP contribution is 2.33. The van der Waals surface area contributed by atoms with Gasteiger partial charge in [0.15, 0.2) is 0 Å². The van der Waals surface area contributed by atoms with Crippen LogP contribution in [0.1, 0.15) is 24.0 Å². The lowest BCUT2D eigenvalue weighted by Gasteiger charge is -2.34. The fourth-order valence-corrected chi connectivity index (χ4v) is 4.39. The molecule has 3 aromatic rings. The SMILES string of the molecule is COC(=O)N/N=C(\C)[C@@H](CN1CCOCC1)[C@@H](c1ccccc1)c1cc2ccccc2oc1=O. The van der Waals surface area contributed by atoms with Crippen LogP contribution >= 0.6 is 0 Å². The molecule has 1 N–H and O–H groups in total. The molecule has 2 heterocycles. The van der Waals surface area contributed by atoms with Crippen LogP contribution in [-0.4, -0.2) is 56.7 Å². The second-order valence-electron chi connectivity index (χ2n) is 8.29. The normalized spacial score (nSPS) is 16.7. The van der Waals surface area contributed by atoms with E-state index in [-0.39, 0.29) is 17.5 Å². The molecule has 1 saturated heterocycles. The molecule has 0 radical (unpaired) electrons. The molecule has 0 unspecified atom stereocenters. The predicted octanol–water partition coefficient (Wildman–Crippen LogP) is 3.61. The number of benzene rings is 2. The minimum atomic E-state index is -0.647. The van der Waals surface area contributed by atoms with Crippen molar-refractivity contribution in [2.45, 2.75) is 12.8 Å². The van der Waals surface area contributed by atoms with Crippen molar-refractivity contribution in [2.24, 2.45) is 11.0 Å². The van der Waals surface area contributed by atoms with E-state index in [2.05, 4.69) is 20.2 Å². The molecule has 8 nitrogen and oxygen atoms in total. The first kappa shape index (κ1) is 23.7. The first-order valence-electron chi connectivity index (χ1n) is 11.3. The number of hydrazone groups is 1. The first-order valence-corrected chi connectivity index (χ1v) is 11.3. The van der Waals surface area contributed by atoms with Gasteiger partial charge < -0.3 is 13.9 Å². The van der Waals surface area contributed by atoms with E-state index in [1.165, 1.54) is 7.11 Å². The summed E-state index contributed by atoms with van der Waals surface area (Å²) in [5.41, 5.74) is 4.80. The molecule has 0 spiro atoms. The highest BCUT2D eigenvalue weighted by atomic mass is 16.5. The molecular weight excluding hydrogens is 434 g/mol. The summed E-state index contributed by atoms with van der Waals surface area (Å²) < 4.78 is 15.9. The number of amides is 1. The van der Waals surface area contributed by atoms with Gasteiger partial charge in [0.2, 0.25) is 0 Å². The molecule has 178 valence electrons. The van der Waals surface area contributed by atoms with Crippen LogP contribution in [0.25, 0.3) is 11.0 Å². The quantitative estimate of drug-likeness (QED) is 0.327. The minimum absolute atomic E-state index is 0.221. The Hall–Kier alpha value is -3.49. The Morgan fingerprint density at radius 2 is 1.82 bits per heavy atom. The summed E-state index contributed by atoms with van der Waals surface area (Å²) in [6.07, 6.45) is -0.647. The number of hydrogen-bond donors (Lipinski definition) is 1. The Balaban J connectivity index is 1.83. The number of para-hydroxylation sites is 1. The van der Waals surface area contributed by atoms with Gasteiger partial charge in [0.05, 0.1) is 20.3 Å². The van der Waals surface area contributed by atoms with E-state index in [1.807, 2.05) is 61.5 Å². The second-order valence-corrected chi connectivity index (χ2v) is 8.29. The molecule has 1 aliphatic rings. The number of methoxy groups -OCH3 is 1. The molecule has 1 amide bonds. The maximum atomic E-state index is 13.2. The highest BCUT2D eigenvalue weighted by Gasteiger charge is 2.32. The maximum Gasteiger partial charge on any atom is 0.427 e. The largest absolute Gasteiger partial charge is 0.452 e. The molecule has 2 aromatic carbocycles. The Morgan fingerprint density at radius 3 is 2.56 bits per heavy atom. The standard InChI is InChI=1S/C26H29N3O5/c1-18(27-28-26(31)32-2)22(17-29-12-14-33-15-13-29)24(19-8-4-3-5-9-19)21-16-20-10-6-7-11-23(20)34-25(21)30/h3-11,16,22,24H,12-15,17H2,1-2H3,(H,28,31)/b27-18+/t22-,24+/m1/s1. The maximum absolute atomic E-state index is 13.2. The van der Waals surface area contributed by atoms with Crippen molar-refractivity contribution < 1.29 is 18.7 Å².